The van der Waals surface area contributed by atoms with Crippen molar-refractivity contribution in [1.29, 1.82) is 0 Å². The Hall–Kier alpha value is 0.0600. The summed E-state index contributed by atoms with van der Waals surface area (Å²) < 4.78 is 1.98. The van der Waals surface area contributed by atoms with Gasteiger partial charge in [0.25, 0.3) is 4.45 Å². The first-order valence-corrected chi connectivity index (χ1v) is 3.25. The molecule has 3 N–H and O–H groups in total. The van der Waals surface area contributed by atoms with E-state index in [0.717, 1.165) is 11.9 Å². The monoisotopic (exact) mass is 168 g/mol. The van der Waals surface area contributed by atoms with E-state index in [-0.39, 0.29) is 9.56 Å². The van der Waals surface area contributed by atoms with Crippen LogP contribution in [0.3, 0.4) is 0 Å². The number of hydrogen-bond donors (Lipinski definition) is 3. The molecular weight excluding hydrogens is 164 g/mol. The van der Waals surface area contributed by atoms with Crippen molar-refractivity contribution < 1.29 is 4.79 Å². The molecule has 0 aromatic rings. The van der Waals surface area contributed by atoms with Crippen molar-refractivity contribution in [3.8, 4) is 0 Å². The van der Waals surface area contributed by atoms with E-state index in [2.05, 4.69) is 29.6 Å². The Morgan fingerprint density at radius 1 is 1.88 bits per heavy atom. The molecule has 0 amide bonds. The van der Waals surface area contributed by atoms with Crippen molar-refractivity contribution in [3.63, 3.8) is 0 Å². The summed E-state index contributed by atoms with van der Waals surface area (Å²) in [6.07, 6.45) is 0. The van der Waals surface area contributed by atoms with Gasteiger partial charge in [-0.05, 0) is 12.2 Å². The zero-order valence-corrected chi connectivity index (χ0v) is 6.28. The number of thiocarbonyl (C=S) groups is 1. The number of carbonyl (C=O) groups is 1. The predicted molar refractivity (Wildman–Crippen MR) is 41.9 cm³/mol. The second-order valence-corrected chi connectivity index (χ2v) is 2.76. The summed E-state index contributed by atoms with van der Waals surface area (Å²) in [5.74, 6) is 0. The molecule has 8 heavy (non-hydrogen) atoms. The minimum atomic E-state index is -0.363. The molecule has 0 aliphatic heterocycles. The summed E-state index contributed by atoms with van der Waals surface area (Å²) in [6.45, 7) is 0. The van der Waals surface area contributed by atoms with E-state index in [9.17, 15) is 4.79 Å². The Morgan fingerprint density at radius 2 is 2.38 bits per heavy atom. The van der Waals surface area contributed by atoms with Crippen LogP contribution < -0.4 is 10.5 Å². The molecule has 0 aromatic carbocycles. The van der Waals surface area contributed by atoms with E-state index in [1.165, 1.54) is 0 Å². The Labute approximate surface area is 61.9 Å². The lowest BCUT2D eigenvalue weighted by Crippen LogP contribution is -2.23. The number of thiol groups is 1. The summed E-state index contributed by atoms with van der Waals surface area (Å²) in [5.41, 5.74) is 4.95. The normalized spacial score (nSPS) is 8.12. The first-order chi connectivity index (χ1) is 3.63. The maximum absolute atomic E-state index is 10.00. The van der Waals surface area contributed by atoms with Crippen molar-refractivity contribution >= 4 is 46.4 Å². The zero-order chi connectivity index (χ0) is 6.57. The summed E-state index contributed by atoms with van der Waals surface area (Å²) in [6, 6.07) is 0. The minimum Gasteiger partial charge on any atom is -0.376 e. The lowest BCUT2D eigenvalue weighted by Gasteiger charge is -1.94. The topological polar surface area (TPSA) is 55.1 Å². The third kappa shape index (κ3) is 6.06. The Balaban J connectivity index is 3.18. The van der Waals surface area contributed by atoms with Gasteiger partial charge in [0.2, 0.25) is 0 Å². The summed E-state index contributed by atoms with van der Waals surface area (Å²) >= 11 is 8.54. The standard InChI is InChI=1S/C2H4N2OS3/c3-1(6)4-8-2(5)7/h(H,5,7)(H3,3,4,6). The highest BCUT2D eigenvalue weighted by Gasteiger charge is 1.92. The highest BCUT2D eigenvalue weighted by Crippen LogP contribution is 1.99. The quantitative estimate of drug-likeness (QED) is 0.280. The first-order valence-electron chi connectivity index (χ1n) is 1.58. The lowest BCUT2D eigenvalue weighted by atomic mass is 11.3. The van der Waals surface area contributed by atoms with Crippen molar-refractivity contribution in [2.75, 3.05) is 0 Å². The van der Waals surface area contributed by atoms with E-state index < -0.39 is 0 Å². The van der Waals surface area contributed by atoms with Gasteiger partial charge >= 0.3 is 0 Å². The Morgan fingerprint density at radius 3 is 2.50 bits per heavy atom. The van der Waals surface area contributed by atoms with Gasteiger partial charge < -0.3 is 5.73 Å². The third-order valence-corrected chi connectivity index (χ3v) is 1.24. The fourth-order valence-corrected chi connectivity index (χ4v) is 0.544. The molecule has 0 heterocycles. The minimum absolute atomic E-state index is 0.0809. The molecule has 0 aliphatic rings. The van der Waals surface area contributed by atoms with Crippen LogP contribution in [0.15, 0.2) is 0 Å². The molecule has 0 fully saturated rings. The van der Waals surface area contributed by atoms with Crippen LogP contribution in [0.4, 0.5) is 4.79 Å². The van der Waals surface area contributed by atoms with Crippen LogP contribution >= 0.6 is 36.8 Å². The molecule has 0 saturated carbocycles. The van der Waals surface area contributed by atoms with Gasteiger partial charge in [-0.15, -0.1) is 0 Å². The fourth-order valence-electron chi connectivity index (χ4n) is 0.0940. The van der Waals surface area contributed by atoms with E-state index >= 15 is 0 Å². The number of nitrogens with two attached hydrogens (primary N) is 1. The van der Waals surface area contributed by atoms with Gasteiger partial charge in [-0.25, -0.2) is 0 Å². The van der Waals surface area contributed by atoms with Crippen molar-refractivity contribution in [2.24, 2.45) is 5.73 Å². The molecule has 0 saturated heterocycles. The van der Waals surface area contributed by atoms with Gasteiger partial charge in [-0.3, -0.25) is 9.52 Å². The predicted octanol–water partition coefficient (Wildman–Crippen LogP) is 0.518. The van der Waals surface area contributed by atoms with E-state index in [0.29, 0.717) is 0 Å². The van der Waals surface area contributed by atoms with E-state index in [1.807, 2.05) is 0 Å². The van der Waals surface area contributed by atoms with Crippen LogP contribution in [0, 0.1) is 0 Å². The molecular formula is C2H4N2OS3. The maximum Gasteiger partial charge on any atom is 0.263 e. The SMILES string of the molecule is NC(=S)NSC(=O)S. The number of hydrogen-bond acceptors (Lipinski definition) is 3. The van der Waals surface area contributed by atoms with Crippen LogP contribution in [-0.4, -0.2) is 9.56 Å². The number of carbonyl (C=O) groups excluding carboxylic acids is 1. The number of rotatable bonds is 0. The van der Waals surface area contributed by atoms with Crippen LogP contribution in [0.2, 0.25) is 0 Å². The van der Waals surface area contributed by atoms with Gasteiger partial charge in [0, 0.05) is 11.9 Å². The van der Waals surface area contributed by atoms with Crippen LogP contribution in [0.25, 0.3) is 0 Å². The molecule has 0 aromatic heterocycles. The van der Waals surface area contributed by atoms with Gasteiger partial charge in [0.05, 0.1) is 0 Å². The van der Waals surface area contributed by atoms with Crippen LogP contribution in [-0.2, 0) is 0 Å². The molecule has 0 radical (unpaired) electrons. The molecule has 46 valence electrons. The van der Waals surface area contributed by atoms with Crippen molar-refractivity contribution in [1.82, 2.24) is 4.72 Å². The first kappa shape index (κ1) is 8.06. The molecule has 0 bridgehead atoms. The fraction of sp³-hybridized carbons (Fsp3) is 0. The van der Waals surface area contributed by atoms with Gasteiger partial charge in [0.1, 0.15) is 0 Å². The van der Waals surface area contributed by atoms with Crippen LogP contribution in [0.5, 0.6) is 0 Å². The molecule has 0 atom stereocenters. The van der Waals surface area contributed by atoms with Gasteiger partial charge in [0.15, 0.2) is 5.11 Å². The van der Waals surface area contributed by atoms with Crippen LogP contribution in [0.1, 0.15) is 0 Å². The highest BCUT2D eigenvalue weighted by atomic mass is 32.2. The summed E-state index contributed by atoms with van der Waals surface area (Å²) in [5, 5.41) is 0.0809. The van der Waals surface area contributed by atoms with Crippen molar-refractivity contribution in [3.05, 3.63) is 0 Å². The molecule has 0 aliphatic carbocycles. The lowest BCUT2D eigenvalue weighted by molar-refractivity contribution is 0.277. The maximum atomic E-state index is 10.00. The van der Waals surface area contributed by atoms with Gasteiger partial charge in [-0.2, -0.15) is 0 Å². The second-order valence-electron chi connectivity index (χ2n) is 0.834. The highest BCUT2D eigenvalue weighted by molar-refractivity contribution is 8.31. The average molecular weight is 168 g/mol. The molecule has 0 rings (SSSR count). The number of nitrogens with one attached hydrogen (secondary N) is 1. The Kier molecular flexibility index (Phi) is 4.02. The van der Waals surface area contributed by atoms with Gasteiger partial charge in [-0.1, -0.05) is 12.6 Å². The molecule has 0 spiro atoms. The average Bonchev–Trinajstić information content (AvgIpc) is 1.61. The van der Waals surface area contributed by atoms with E-state index in [1.54, 1.807) is 0 Å². The molecule has 0 unspecified atom stereocenters. The summed E-state index contributed by atoms with van der Waals surface area (Å²) in [4.78, 5) is 10.00. The Bertz CT molecular complexity index is 99.9. The molecule has 6 heteroatoms. The second kappa shape index (κ2) is 3.99. The third-order valence-electron chi connectivity index (χ3n) is 0.239. The zero-order valence-electron chi connectivity index (χ0n) is 3.75. The molecule has 3 nitrogen and oxygen atoms in total. The smallest absolute Gasteiger partial charge is 0.263 e. The largest absolute Gasteiger partial charge is 0.376 e. The summed E-state index contributed by atoms with van der Waals surface area (Å²) in [7, 11) is 0. The van der Waals surface area contributed by atoms with Crippen molar-refractivity contribution in [2.45, 2.75) is 0 Å². The van der Waals surface area contributed by atoms with E-state index in [4.69, 9.17) is 5.73 Å².